The summed E-state index contributed by atoms with van der Waals surface area (Å²) < 4.78 is 2.00. The molecule has 2 heterocycles. The van der Waals surface area contributed by atoms with E-state index in [0.29, 0.717) is 17.9 Å². The highest BCUT2D eigenvalue weighted by Gasteiger charge is 2.21. The van der Waals surface area contributed by atoms with Gasteiger partial charge in [-0.25, -0.2) is 4.98 Å². The zero-order valence-corrected chi connectivity index (χ0v) is 15.1. The number of rotatable bonds is 5. The Hall–Kier alpha value is -2.87. The van der Waals surface area contributed by atoms with Gasteiger partial charge in [-0.15, -0.1) is 0 Å². The third-order valence-corrected chi connectivity index (χ3v) is 4.28. The molecule has 2 N–H and O–H groups in total. The van der Waals surface area contributed by atoms with E-state index in [1.165, 1.54) is 6.92 Å². The number of anilines is 3. The maximum Gasteiger partial charge on any atom is 0.238 e. The van der Waals surface area contributed by atoms with Crippen LogP contribution in [0.25, 0.3) is 0 Å². The minimum absolute atomic E-state index is 0.0598. The van der Waals surface area contributed by atoms with Crippen molar-refractivity contribution in [1.29, 1.82) is 0 Å². The molecule has 8 heteroatoms. The summed E-state index contributed by atoms with van der Waals surface area (Å²) in [5.41, 5.74) is 1.34. The second-order valence-electron chi connectivity index (χ2n) is 6.41. The van der Waals surface area contributed by atoms with Crippen LogP contribution in [-0.4, -0.2) is 59.0 Å². The van der Waals surface area contributed by atoms with Crippen LogP contribution in [0.15, 0.2) is 36.7 Å². The number of nitrogens with one attached hydrogen (secondary N) is 2. The topological polar surface area (TPSA) is 82.5 Å². The fraction of sp³-hybridized carbons (Fsp3) is 0.389. The quantitative estimate of drug-likeness (QED) is 0.840. The average Bonchev–Trinajstić information content (AvgIpc) is 3.01. The zero-order chi connectivity index (χ0) is 18.5. The van der Waals surface area contributed by atoms with Crippen molar-refractivity contribution in [1.82, 2.24) is 14.5 Å². The van der Waals surface area contributed by atoms with E-state index < -0.39 is 0 Å². The van der Waals surface area contributed by atoms with Gasteiger partial charge in [0.25, 0.3) is 0 Å². The van der Waals surface area contributed by atoms with E-state index in [0.717, 1.165) is 32.1 Å². The summed E-state index contributed by atoms with van der Waals surface area (Å²) >= 11 is 0. The lowest BCUT2D eigenvalue weighted by atomic mass is 10.2. The number of hydrogen-bond donors (Lipinski definition) is 2. The van der Waals surface area contributed by atoms with E-state index in [1.807, 2.05) is 23.9 Å². The van der Waals surface area contributed by atoms with Crippen molar-refractivity contribution in [3.8, 4) is 0 Å². The van der Waals surface area contributed by atoms with Crippen LogP contribution in [-0.2, 0) is 16.6 Å². The van der Waals surface area contributed by atoms with Crippen molar-refractivity contribution in [3.63, 3.8) is 0 Å². The molecule has 0 atom stereocenters. The summed E-state index contributed by atoms with van der Waals surface area (Å²) in [5, 5.41) is 5.60. The molecule has 8 nitrogen and oxygen atoms in total. The Bertz CT molecular complexity index is 779. The number of nitrogens with zero attached hydrogens (tertiary/aromatic N) is 4. The Morgan fingerprint density at radius 1 is 1.12 bits per heavy atom. The van der Waals surface area contributed by atoms with Gasteiger partial charge in [-0.3, -0.25) is 14.5 Å². The highest BCUT2D eigenvalue weighted by molar-refractivity contribution is 5.94. The van der Waals surface area contributed by atoms with E-state index in [2.05, 4.69) is 25.4 Å². The number of amides is 2. The van der Waals surface area contributed by atoms with Gasteiger partial charge in [-0.2, -0.15) is 0 Å². The lowest BCUT2D eigenvalue weighted by molar-refractivity contribution is -0.117. The fourth-order valence-electron chi connectivity index (χ4n) is 3.05. The van der Waals surface area contributed by atoms with Gasteiger partial charge in [0.15, 0.2) is 0 Å². The van der Waals surface area contributed by atoms with Crippen LogP contribution in [0.3, 0.4) is 0 Å². The van der Waals surface area contributed by atoms with Crippen LogP contribution >= 0.6 is 0 Å². The lowest BCUT2D eigenvalue weighted by Crippen LogP contribution is -2.49. The van der Waals surface area contributed by atoms with Crippen molar-refractivity contribution in [2.24, 2.45) is 7.05 Å². The van der Waals surface area contributed by atoms with Crippen molar-refractivity contribution in [2.75, 3.05) is 48.3 Å². The standard InChI is InChI=1S/C18H24N6O2/c1-14(25)20-15-4-3-5-16(12-15)21-17(26)13-23-8-10-24(11-9-23)18-19-6-7-22(18)2/h3-7,12H,8-11,13H2,1-2H3,(H,20,25)(H,21,26). The lowest BCUT2D eigenvalue weighted by Gasteiger charge is -2.34. The molecule has 0 unspecified atom stereocenters. The monoisotopic (exact) mass is 356 g/mol. The summed E-state index contributed by atoms with van der Waals surface area (Å²) in [4.78, 5) is 32.2. The highest BCUT2D eigenvalue weighted by Crippen LogP contribution is 2.16. The first-order chi connectivity index (χ1) is 12.5. The van der Waals surface area contributed by atoms with Gasteiger partial charge in [-0.05, 0) is 18.2 Å². The third kappa shape index (κ3) is 4.60. The Morgan fingerprint density at radius 2 is 1.81 bits per heavy atom. The molecule has 2 aromatic rings. The maximum atomic E-state index is 12.3. The first-order valence-corrected chi connectivity index (χ1v) is 8.63. The molecule has 0 radical (unpaired) electrons. The Kier molecular flexibility index (Phi) is 5.52. The normalized spacial score (nSPS) is 14.9. The molecule has 1 aliphatic heterocycles. The molecule has 26 heavy (non-hydrogen) atoms. The molecule has 1 aliphatic rings. The first kappa shape index (κ1) is 17.9. The minimum atomic E-state index is -0.140. The van der Waals surface area contributed by atoms with Gasteiger partial charge < -0.3 is 20.1 Å². The molecule has 0 saturated carbocycles. The van der Waals surface area contributed by atoms with Gasteiger partial charge in [0.1, 0.15) is 0 Å². The molecule has 0 bridgehead atoms. The number of carbonyl (C=O) groups excluding carboxylic acids is 2. The third-order valence-electron chi connectivity index (χ3n) is 4.28. The first-order valence-electron chi connectivity index (χ1n) is 8.63. The Labute approximate surface area is 152 Å². The van der Waals surface area contributed by atoms with E-state index in [9.17, 15) is 9.59 Å². The van der Waals surface area contributed by atoms with Gasteiger partial charge in [0, 0.05) is 63.9 Å². The second-order valence-corrected chi connectivity index (χ2v) is 6.41. The largest absolute Gasteiger partial charge is 0.340 e. The predicted molar refractivity (Wildman–Crippen MR) is 101 cm³/mol. The van der Waals surface area contributed by atoms with Gasteiger partial charge >= 0.3 is 0 Å². The minimum Gasteiger partial charge on any atom is -0.340 e. The second kappa shape index (κ2) is 8.01. The highest BCUT2D eigenvalue weighted by atomic mass is 16.2. The van der Waals surface area contributed by atoms with Crippen LogP contribution in [0.5, 0.6) is 0 Å². The Balaban J connectivity index is 1.49. The summed E-state index contributed by atoms with van der Waals surface area (Å²) in [6.07, 6.45) is 3.73. The molecule has 0 spiro atoms. The van der Waals surface area contributed by atoms with Crippen LogP contribution in [0.1, 0.15) is 6.92 Å². The summed E-state index contributed by atoms with van der Waals surface area (Å²) in [7, 11) is 1.98. The summed E-state index contributed by atoms with van der Waals surface area (Å²) in [6, 6.07) is 7.14. The molecule has 1 aromatic heterocycles. The predicted octanol–water partition coefficient (Wildman–Crippen LogP) is 1.14. The van der Waals surface area contributed by atoms with Gasteiger partial charge in [-0.1, -0.05) is 6.07 Å². The molecular weight excluding hydrogens is 332 g/mol. The van der Waals surface area contributed by atoms with Crippen LogP contribution in [0.2, 0.25) is 0 Å². The summed E-state index contributed by atoms with van der Waals surface area (Å²) in [5.74, 6) is 0.762. The SMILES string of the molecule is CC(=O)Nc1cccc(NC(=O)CN2CCN(c3nccn3C)CC2)c1. The number of imidazole rings is 1. The van der Waals surface area contributed by atoms with Crippen molar-refractivity contribution < 1.29 is 9.59 Å². The number of hydrogen-bond acceptors (Lipinski definition) is 5. The van der Waals surface area contributed by atoms with E-state index >= 15 is 0 Å². The molecule has 0 aliphatic carbocycles. The molecule has 3 rings (SSSR count). The molecule has 1 aromatic carbocycles. The van der Waals surface area contributed by atoms with Gasteiger partial charge in [0.05, 0.1) is 6.54 Å². The number of piperazine rings is 1. The van der Waals surface area contributed by atoms with Crippen molar-refractivity contribution >= 4 is 29.1 Å². The smallest absolute Gasteiger partial charge is 0.238 e. The zero-order valence-electron chi connectivity index (χ0n) is 15.1. The van der Waals surface area contributed by atoms with Gasteiger partial charge in [0.2, 0.25) is 17.8 Å². The fourth-order valence-corrected chi connectivity index (χ4v) is 3.05. The number of benzene rings is 1. The van der Waals surface area contributed by atoms with E-state index in [-0.39, 0.29) is 11.8 Å². The maximum absolute atomic E-state index is 12.3. The Morgan fingerprint density at radius 3 is 2.42 bits per heavy atom. The molecule has 1 saturated heterocycles. The van der Waals surface area contributed by atoms with Crippen molar-refractivity contribution in [3.05, 3.63) is 36.7 Å². The average molecular weight is 356 g/mol. The molecular formula is C18H24N6O2. The number of aromatic nitrogens is 2. The van der Waals surface area contributed by atoms with Crippen LogP contribution in [0, 0.1) is 0 Å². The summed E-state index contributed by atoms with van der Waals surface area (Å²) in [6.45, 7) is 5.11. The molecule has 138 valence electrons. The van der Waals surface area contributed by atoms with Crippen LogP contribution < -0.4 is 15.5 Å². The molecule has 1 fully saturated rings. The van der Waals surface area contributed by atoms with Crippen molar-refractivity contribution in [2.45, 2.75) is 6.92 Å². The number of aryl methyl sites for hydroxylation is 1. The van der Waals surface area contributed by atoms with E-state index in [4.69, 9.17) is 0 Å². The molecule has 2 amide bonds. The number of carbonyl (C=O) groups is 2. The van der Waals surface area contributed by atoms with Crippen LogP contribution in [0.4, 0.5) is 17.3 Å². The van der Waals surface area contributed by atoms with E-state index in [1.54, 1.807) is 24.4 Å².